The molecule has 0 bridgehead atoms. The highest BCUT2D eigenvalue weighted by Gasteiger charge is 2.26. The number of hydrogen-bond donors (Lipinski definition) is 1. The van der Waals surface area contributed by atoms with E-state index >= 15 is 0 Å². The van der Waals surface area contributed by atoms with Gasteiger partial charge in [-0.25, -0.2) is 8.42 Å². The number of hydrogen-bond acceptors (Lipinski definition) is 3. The predicted octanol–water partition coefficient (Wildman–Crippen LogP) is 3.66. The first kappa shape index (κ1) is 19.6. The van der Waals surface area contributed by atoms with Gasteiger partial charge < -0.3 is 5.32 Å². The van der Waals surface area contributed by atoms with Gasteiger partial charge in [0.15, 0.2) is 0 Å². The van der Waals surface area contributed by atoms with Crippen molar-refractivity contribution < 1.29 is 13.2 Å². The van der Waals surface area contributed by atoms with Crippen LogP contribution in [-0.4, -0.2) is 31.7 Å². The van der Waals surface area contributed by atoms with Gasteiger partial charge in [-0.15, -0.1) is 0 Å². The highest BCUT2D eigenvalue weighted by atomic mass is 32.2. The second-order valence-electron chi connectivity index (χ2n) is 7.10. The molecule has 1 unspecified atom stereocenters. The third-order valence-electron chi connectivity index (χ3n) is 4.97. The summed E-state index contributed by atoms with van der Waals surface area (Å²) in [6, 6.07) is 14.1. The summed E-state index contributed by atoms with van der Waals surface area (Å²) in [6.07, 6.45) is 2.83. The molecule has 1 saturated heterocycles. The van der Waals surface area contributed by atoms with E-state index < -0.39 is 10.0 Å². The zero-order valence-electron chi connectivity index (χ0n) is 15.8. The minimum absolute atomic E-state index is 0.166. The number of benzene rings is 2. The third-order valence-corrected chi connectivity index (χ3v) is 6.87. The summed E-state index contributed by atoms with van der Waals surface area (Å²) < 4.78 is 27.2. The minimum atomic E-state index is -3.55. The summed E-state index contributed by atoms with van der Waals surface area (Å²) >= 11 is 0. The van der Waals surface area contributed by atoms with Crippen LogP contribution in [0.2, 0.25) is 0 Å². The Hall–Kier alpha value is -2.18. The van der Waals surface area contributed by atoms with E-state index in [-0.39, 0.29) is 16.8 Å². The van der Waals surface area contributed by atoms with Crippen molar-refractivity contribution in [2.24, 2.45) is 0 Å². The van der Waals surface area contributed by atoms with Crippen LogP contribution in [0.1, 0.15) is 53.7 Å². The number of rotatable bonds is 5. The smallest absolute Gasteiger partial charge is 0.251 e. The quantitative estimate of drug-likeness (QED) is 0.853. The molecule has 0 aromatic heterocycles. The van der Waals surface area contributed by atoms with Gasteiger partial charge in [-0.3, -0.25) is 4.79 Å². The van der Waals surface area contributed by atoms with Crippen molar-refractivity contribution >= 4 is 15.9 Å². The van der Waals surface area contributed by atoms with E-state index in [1.165, 1.54) is 10.4 Å². The molecule has 1 heterocycles. The normalized spacial score (nSPS) is 16.7. The lowest BCUT2D eigenvalue weighted by atomic mass is 10.1. The highest BCUT2D eigenvalue weighted by molar-refractivity contribution is 7.89. The van der Waals surface area contributed by atoms with Crippen molar-refractivity contribution in [1.82, 2.24) is 9.62 Å². The van der Waals surface area contributed by atoms with E-state index in [0.717, 1.165) is 30.4 Å². The van der Waals surface area contributed by atoms with Gasteiger partial charge in [0, 0.05) is 18.7 Å². The van der Waals surface area contributed by atoms with Crippen LogP contribution in [0.15, 0.2) is 53.4 Å². The van der Waals surface area contributed by atoms with E-state index in [4.69, 9.17) is 0 Å². The Bertz CT molecular complexity index is 901. The molecule has 6 heteroatoms. The van der Waals surface area contributed by atoms with Gasteiger partial charge in [0.25, 0.3) is 5.91 Å². The molecule has 0 saturated carbocycles. The molecule has 3 rings (SSSR count). The van der Waals surface area contributed by atoms with Gasteiger partial charge in [0.1, 0.15) is 0 Å². The van der Waals surface area contributed by atoms with Crippen molar-refractivity contribution in [3.63, 3.8) is 0 Å². The van der Waals surface area contributed by atoms with Gasteiger partial charge >= 0.3 is 0 Å². The molecule has 1 atom stereocenters. The van der Waals surface area contributed by atoms with E-state index in [2.05, 4.69) is 5.32 Å². The molecular formula is C21H26N2O3S. The van der Waals surface area contributed by atoms with Crippen LogP contribution >= 0.6 is 0 Å². The fraction of sp³-hybridized carbons (Fsp3) is 0.381. The second kappa shape index (κ2) is 8.23. The van der Waals surface area contributed by atoms with Crippen LogP contribution in [0.4, 0.5) is 0 Å². The molecule has 1 fully saturated rings. The number of amides is 1. The maximum Gasteiger partial charge on any atom is 0.251 e. The number of carbonyl (C=O) groups excluding carboxylic acids is 1. The molecule has 27 heavy (non-hydrogen) atoms. The molecule has 0 aliphatic carbocycles. The van der Waals surface area contributed by atoms with Gasteiger partial charge in [0.05, 0.1) is 10.9 Å². The molecule has 5 nitrogen and oxygen atoms in total. The van der Waals surface area contributed by atoms with Gasteiger partial charge in [-0.05, 0) is 50.5 Å². The van der Waals surface area contributed by atoms with Crippen LogP contribution in [-0.2, 0) is 10.0 Å². The standard InChI is InChI=1S/C21H26N2O3S/c1-16-9-11-18(12-10-16)17(2)22-21(24)19-7-6-8-20(15-19)27(25,26)23-13-4-3-5-14-23/h6-12,15,17H,3-5,13-14H2,1-2H3,(H,22,24). The maximum absolute atomic E-state index is 12.8. The molecule has 144 valence electrons. The monoisotopic (exact) mass is 386 g/mol. The van der Waals surface area contributed by atoms with Gasteiger partial charge in [-0.1, -0.05) is 42.3 Å². The van der Waals surface area contributed by atoms with E-state index in [9.17, 15) is 13.2 Å². The average Bonchev–Trinajstić information content (AvgIpc) is 2.69. The minimum Gasteiger partial charge on any atom is -0.346 e. The largest absolute Gasteiger partial charge is 0.346 e. The van der Waals surface area contributed by atoms with Crippen molar-refractivity contribution in [2.45, 2.75) is 44.0 Å². The number of carbonyl (C=O) groups is 1. The number of piperidine rings is 1. The van der Waals surface area contributed by atoms with Crippen molar-refractivity contribution in [3.05, 3.63) is 65.2 Å². The maximum atomic E-state index is 12.8. The fourth-order valence-corrected chi connectivity index (χ4v) is 4.83. The molecule has 2 aromatic carbocycles. The van der Waals surface area contributed by atoms with E-state index in [0.29, 0.717) is 18.7 Å². The average molecular weight is 387 g/mol. The SMILES string of the molecule is Cc1ccc(C(C)NC(=O)c2cccc(S(=O)(=O)N3CCCCC3)c2)cc1. The summed E-state index contributed by atoms with van der Waals surface area (Å²) in [4.78, 5) is 12.8. The summed E-state index contributed by atoms with van der Waals surface area (Å²) in [5, 5.41) is 2.94. The lowest BCUT2D eigenvalue weighted by Crippen LogP contribution is -2.35. The molecule has 2 aromatic rings. The number of sulfonamides is 1. The lowest BCUT2D eigenvalue weighted by molar-refractivity contribution is 0.0939. The molecule has 0 spiro atoms. The topological polar surface area (TPSA) is 66.5 Å². The summed E-state index contributed by atoms with van der Waals surface area (Å²) in [5.41, 5.74) is 2.52. The van der Waals surface area contributed by atoms with Gasteiger partial charge in [0.2, 0.25) is 10.0 Å². The summed E-state index contributed by atoms with van der Waals surface area (Å²) in [6.45, 7) is 5.02. The van der Waals surface area contributed by atoms with E-state index in [1.807, 2.05) is 38.1 Å². The Morgan fingerprint density at radius 3 is 2.37 bits per heavy atom. The van der Waals surface area contributed by atoms with Gasteiger partial charge in [-0.2, -0.15) is 4.31 Å². The molecule has 0 radical (unpaired) electrons. The molecule has 1 aliphatic heterocycles. The summed E-state index contributed by atoms with van der Waals surface area (Å²) in [7, 11) is -3.55. The first-order valence-electron chi connectivity index (χ1n) is 9.35. The lowest BCUT2D eigenvalue weighted by Gasteiger charge is -2.26. The van der Waals surface area contributed by atoms with Crippen LogP contribution in [0.3, 0.4) is 0 Å². The Kier molecular flexibility index (Phi) is 5.97. The molecule has 1 aliphatic rings. The predicted molar refractivity (Wildman–Crippen MR) is 106 cm³/mol. The Morgan fingerprint density at radius 2 is 1.70 bits per heavy atom. The van der Waals surface area contributed by atoms with Crippen LogP contribution in [0.25, 0.3) is 0 Å². The number of aryl methyl sites for hydroxylation is 1. The zero-order valence-corrected chi connectivity index (χ0v) is 16.6. The summed E-state index contributed by atoms with van der Waals surface area (Å²) in [5.74, 6) is -0.279. The van der Waals surface area contributed by atoms with Crippen molar-refractivity contribution in [1.29, 1.82) is 0 Å². The molecule has 1 N–H and O–H groups in total. The first-order chi connectivity index (χ1) is 12.9. The van der Waals surface area contributed by atoms with Crippen LogP contribution in [0, 0.1) is 6.92 Å². The first-order valence-corrected chi connectivity index (χ1v) is 10.8. The fourth-order valence-electron chi connectivity index (χ4n) is 3.27. The Morgan fingerprint density at radius 1 is 1.04 bits per heavy atom. The second-order valence-corrected chi connectivity index (χ2v) is 9.04. The van der Waals surface area contributed by atoms with Crippen LogP contribution < -0.4 is 5.32 Å². The third kappa shape index (κ3) is 4.57. The number of nitrogens with zero attached hydrogens (tertiary/aromatic N) is 1. The Balaban J connectivity index is 1.76. The van der Waals surface area contributed by atoms with Crippen molar-refractivity contribution in [3.8, 4) is 0 Å². The number of nitrogens with one attached hydrogen (secondary N) is 1. The Labute approximate surface area is 161 Å². The highest BCUT2D eigenvalue weighted by Crippen LogP contribution is 2.22. The molecule has 1 amide bonds. The zero-order chi connectivity index (χ0) is 19.4. The van der Waals surface area contributed by atoms with Crippen molar-refractivity contribution in [2.75, 3.05) is 13.1 Å². The molecular weight excluding hydrogens is 360 g/mol. The van der Waals surface area contributed by atoms with E-state index in [1.54, 1.807) is 18.2 Å². The van der Waals surface area contributed by atoms with Crippen LogP contribution in [0.5, 0.6) is 0 Å².